The van der Waals surface area contributed by atoms with E-state index < -0.39 is 36.5 Å². The monoisotopic (exact) mass is 446 g/mol. The molecule has 0 saturated carbocycles. The summed E-state index contributed by atoms with van der Waals surface area (Å²) in [5.74, 6) is -8.58. The maximum absolute atomic E-state index is 14.5. The van der Waals surface area contributed by atoms with Gasteiger partial charge in [-0.2, -0.15) is 30.7 Å². The Bertz CT molecular complexity index is 826. The fourth-order valence-electron chi connectivity index (χ4n) is 2.10. The van der Waals surface area contributed by atoms with Gasteiger partial charge in [-0.15, -0.1) is 0 Å². The van der Waals surface area contributed by atoms with E-state index in [1.807, 2.05) is 0 Å². The largest absolute Gasteiger partial charge is 0.460 e. The van der Waals surface area contributed by atoms with Gasteiger partial charge in [0, 0.05) is 5.56 Å². The molecule has 3 nitrogen and oxygen atoms in total. The number of hydrogen-bond donors (Lipinski definition) is 0. The molecule has 0 fully saturated rings. The Labute approximate surface area is 163 Å². The number of rotatable bonds is 7. The van der Waals surface area contributed by atoms with Crippen LogP contribution in [0.5, 0.6) is 0 Å². The molecule has 0 unspecified atom stereocenters. The summed E-state index contributed by atoms with van der Waals surface area (Å²) in [5.41, 5.74) is -1.92. The summed E-state index contributed by atoms with van der Waals surface area (Å²) in [7, 11) is -4.61. The van der Waals surface area contributed by atoms with Crippen LogP contribution in [0.2, 0.25) is 0 Å². The van der Waals surface area contributed by atoms with E-state index in [9.17, 15) is 35.3 Å². The Morgan fingerprint density at radius 3 is 1.86 bits per heavy atom. The summed E-state index contributed by atoms with van der Waals surface area (Å²) in [6.07, 6.45) is -6.59. The van der Waals surface area contributed by atoms with Crippen molar-refractivity contribution in [1.29, 1.82) is 0 Å². The molecule has 0 spiro atoms. The molecule has 29 heavy (non-hydrogen) atoms. The van der Waals surface area contributed by atoms with Crippen LogP contribution in [0.4, 0.5) is 30.7 Å². The zero-order chi connectivity index (χ0) is 22.5. The summed E-state index contributed by atoms with van der Waals surface area (Å²) in [6.45, 7) is 2.62. The molecule has 0 heterocycles. The van der Waals surface area contributed by atoms with Gasteiger partial charge in [0.1, 0.15) is 0 Å². The van der Waals surface area contributed by atoms with Crippen molar-refractivity contribution in [1.82, 2.24) is 0 Å². The van der Waals surface area contributed by atoms with E-state index in [4.69, 9.17) is 9.05 Å². The minimum Gasteiger partial charge on any atom is -0.306 e. The second-order valence-corrected chi connectivity index (χ2v) is 7.74. The van der Waals surface area contributed by atoms with Crippen LogP contribution in [0.1, 0.15) is 26.3 Å². The zero-order valence-corrected chi connectivity index (χ0v) is 16.5. The number of hydrogen-bond acceptors (Lipinski definition) is 3. The van der Waals surface area contributed by atoms with Crippen molar-refractivity contribution in [2.45, 2.75) is 38.8 Å². The first-order chi connectivity index (χ1) is 13.2. The van der Waals surface area contributed by atoms with E-state index in [-0.39, 0.29) is 18.8 Å². The first kappa shape index (κ1) is 25.2. The van der Waals surface area contributed by atoms with Gasteiger partial charge in [-0.1, -0.05) is 30.0 Å². The molecule has 162 valence electrons. The highest BCUT2D eigenvalue weighted by molar-refractivity contribution is 7.58. The van der Waals surface area contributed by atoms with Gasteiger partial charge in [-0.3, -0.25) is 4.57 Å². The van der Waals surface area contributed by atoms with E-state index in [0.717, 1.165) is 0 Å². The molecule has 1 aromatic rings. The molecule has 1 rings (SSSR count). The Kier molecular flexibility index (Phi) is 8.11. The lowest BCUT2D eigenvalue weighted by atomic mass is 10.0. The molecule has 0 atom stereocenters. The van der Waals surface area contributed by atoms with Gasteiger partial charge in [-0.05, 0) is 32.9 Å². The first-order valence-electron chi connectivity index (χ1n) is 8.25. The van der Waals surface area contributed by atoms with Crippen molar-refractivity contribution in [3.8, 4) is 11.8 Å². The molecule has 1 aromatic carbocycles. The third kappa shape index (κ3) is 5.41. The van der Waals surface area contributed by atoms with E-state index >= 15 is 0 Å². The number of benzene rings is 1. The Morgan fingerprint density at radius 2 is 1.45 bits per heavy atom. The fourth-order valence-corrected chi connectivity index (χ4v) is 3.71. The molecule has 0 aliphatic heterocycles. The maximum Gasteiger partial charge on any atom is 0.460 e. The molecule has 0 amide bonds. The van der Waals surface area contributed by atoms with Crippen molar-refractivity contribution < 1.29 is 44.3 Å². The third-order valence-electron chi connectivity index (χ3n) is 3.54. The van der Waals surface area contributed by atoms with Crippen molar-refractivity contribution in [2.75, 3.05) is 13.2 Å². The highest BCUT2D eigenvalue weighted by Gasteiger charge is 2.74. The third-order valence-corrected chi connectivity index (χ3v) is 5.78. The minimum absolute atomic E-state index is 0.0616. The SMILES string of the molecule is CCOP(=O)(OCC)/C(C)=C(/C#Cc1ccccc1)C(F)(F)C(F)(F)C(F)(F)F. The molecule has 0 bridgehead atoms. The van der Waals surface area contributed by atoms with Crippen LogP contribution in [0.25, 0.3) is 0 Å². The van der Waals surface area contributed by atoms with Gasteiger partial charge >= 0.3 is 25.6 Å². The fraction of sp³-hybridized carbons (Fsp3) is 0.444. The molecule has 0 saturated heterocycles. The van der Waals surface area contributed by atoms with Crippen LogP contribution >= 0.6 is 7.60 Å². The van der Waals surface area contributed by atoms with E-state index in [1.54, 1.807) is 12.0 Å². The Balaban J connectivity index is 3.80. The minimum atomic E-state index is -6.59. The van der Waals surface area contributed by atoms with Gasteiger partial charge in [0.05, 0.1) is 24.1 Å². The lowest BCUT2D eigenvalue weighted by Crippen LogP contribution is -2.53. The van der Waals surface area contributed by atoms with Crippen molar-refractivity contribution in [3.63, 3.8) is 0 Å². The van der Waals surface area contributed by atoms with Crippen LogP contribution < -0.4 is 0 Å². The average Bonchev–Trinajstić information content (AvgIpc) is 2.61. The van der Waals surface area contributed by atoms with Crippen LogP contribution in [0.3, 0.4) is 0 Å². The van der Waals surface area contributed by atoms with Crippen molar-refractivity contribution in [3.05, 3.63) is 46.8 Å². The smallest absolute Gasteiger partial charge is 0.306 e. The van der Waals surface area contributed by atoms with Crippen LogP contribution in [-0.2, 0) is 13.6 Å². The second-order valence-electron chi connectivity index (χ2n) is 5.56. The summed E-state index contributed by atoms with van der Waals surface area (Å²) in [4.78, 5) is 0. The molecule has 0 radical (unpaired) electrons. The van der Waals surface area contributed by atoms with E-state index in [0.29, 0.717) is 6.92 Å². The zero-order valence-electron chi connectivity index (χ0n) is 15.6. The molecule has 0 aliphatic carbocycles. The summed E-state index contributed by atoms with van der Waals surface area (Å²) >= 11 is 0. The summed E-state index contributed by atoms with van der Waals surface area (Å²) < 4.78 is 117. The highest BCUT2D eigenvalue weighted by Crippen LogP contribution is 2.60. The highest BCUT2D eigenvalue weighted by atomic mass is 31.2. The van der Waals surface area contributed by atoms with Gasteiger partial charge in [-0.25, -0.2) is 0 Å². The molecule has 0 aliphatic rings. The van der Waals surface area contributed by atoms with Crippen molar-refractivity contribution in [2.24, 2.45) is 0 Å². The second kappa shape index (κ2) is 9.33. The van der Waals surface area contributed by atoms with E-state index in [2.05, 4.69) is 5.92 Å². The molecule has 11 heteroatoms. The van der Waals surface area contributed by atoms with Gasteiger partial charge < -0.3 is 9.05 Å². The molecular formula is C18H18F7O3P. The quantitative estimate of drug-likeness (QED) is 0.276. The Morgan fingerprint density at radius 1 is 0.966 bits per heavy atom. The summed E-state index contributed by atoms with van der Waals surface area (Å²) in [6, 6.07) is 7.11. The molecular weight excluding hydrogens is 428 g/mol. The number of halogens is 7. The topological polar surface area (TPSA) is 35.5 Å². The number of allylic oxidation sites excluding steroid dienone is 2. The van der Waals surface area contributed by atoms with Crippen LogP contribution in [0.15, 0.2) is 41.2 Å². The number of alkyl halides is 7. The van der Waals surface area contributed by atoms with Crippen LogP contribution in [0, 0.1) is 11.8 Å². The normalized spacial score (nSPS) is 14.1. The maximum atomic E-state index is 14.5. The van der Waals surface area contributed by atoms with E-state index in [1.165, 1.54) is 38.1 Å². The first-order valence-corrected chi connectivity index (χ1v) is 9.79. The Hall–Kier alpha value is -1.82. The van der Waals surface area contributed by atoms with Gasteiger partial charge in [0.25, 0.3) is 0 Å². The summed E-state index contributed by atoms with van der Waals surface area (Å²) in [5, 5.41) is -1.13. The lowest BCUT2D eigenvalue weighted by molar-refractivity contribution is -0.343. The van der Waals surface area contributed by atoms with Gasteiger partial charge in [0.15, 0.2) is 0 Å². The van der Waals surface area contributed by atoms with Gasteiger partial charge in [0.2, 0.25) is 0 Å². The average molecular weight is 446 g/mol. The molecule has 0 N–H and O–H groups in total. The predicted molar refractivity (Wildman–Crippen MR) is 92.8 cm³/mol. The lowest BCUT2D eigenvalue weighted by Gasteiger charge is -2.30. The van der Waals surface area contributed by atoms with Crippen LogP contribution in [-0.4, -0.2) is 31.2 Å². The standard InChI is InChI=1S/C18H18F7O3P/c1-4-27-29(26,28-5-2)13(3)15(12-11-14-9-7-6-8-10-14)16(19,20)17(21,22)18(23,24)25/h6-10H,4-5H2,1-3H3/b15-13-. The molecule has 0 aromatic heterocycles. The van der Waals surface area contributed by atoms with Crippen molar-refractivity contribution >= 4 is 7.60 Å². The predicted octanol–water partition coefficient (Wildman–Crippen LogP) is 6.41.